The van der Waals surface area contributed by atoms with Crippen LogP contribution >= 0.6 is 0 Å². The van der Waals surface area contributed by atoms with Crippen molar-refractivity contribution < 1.29 is 9.53 Å². The molecule has 0 bridgehead atoms. The molecule has 0 aromatic heterocycles. The molecule has 0 N–H and O–H groups in total. The Kier molecular flexibility index (Phi) is 8.65. The number of carbonyl (C=O) groups is 1. The number of unbranched alkanes of at least 4 members (excludes halogenated alkanes) is 4. The van der Waals surface area contributed by atoms with Crippen LogP contribution in [0, 0.1) is 0 Å². The van der Waals surface area contributed by atoms with Crippen LogP contribution in [0.4, 0.5) is 0 Å². The molecule has 0 radical (unpaired) electrons. The van der Waals surface area contributed by atoms with E-state index in [0.29, 0.717) is 0 Å². The molecule has 0 spiro atoms. The molecule has 0 aromatic rings. The molecule has 0 aliphatic heterocycles. The van der Waals surface area contributed by atoms with Gasteiger partial charge in [-0.2, -0.15) is 0 Å². The molecular formula is C14H24O2. The molecule has 92 valence electrons. The molecule has 2 nitrogen and oxygen atoms in total. The van der Waals surface area contributed by atoms with Gasteiger partial charge in [0, 0.05) is 12.5 Å². The highest BCUT2D eigenvalue weighted by Gasteiger charge is 2.10. The van der Waals surface area contributed by atoms with E-state index in [2.05, 4.69) is 19.2 Å². The highest BCUT2D eigenvalue weighted by molar-refractivity contribution is 5.66. The average Bonchev–Trinajstić information content (AvgIpc) is 2.22. The average molecular weight is 224 g/mol. The third-order valence-electron chi connectivity index (χ3n) is 2.61. The van der Waals surface area contributed by atoms with Crippen molar-refractivity contribution in [2.24, 2.45) is 0 Å². The minimum atomic E-state index is -0.244. The van der Waals surface area contributed by atoms with E-state index in [1.807, 2.05) is 6.92 Å². The number of rotatable bonds is 8. The zero-order valence-electron chi connectivity index (χ0n) is 10.8. The van der Waals surface area contributed by atoms with Crippen molar-refractivity contribution in [3.05, 3.63) is 17.9 Å². The van der Waals surface area contributed by atoms with Gasteiger partial charge in [0.1, 0.15) is 6.10 Å². The molecule has 0 aliphatic rings. The van der Waals surface area contributed by atoms with Crippen molar-refractivity contribution >= 4 is 5.97 Å². The van der Waals surface area contributed by atoms with Gasteiger partial charge in [0.2, 0.25) is 0 Å². The standard InChI is InChI=1S/C14H24O2/c1-5-7-8-9-10-11-14(6-2)12(3)16-13(4)15/h12H,2,5,7-11H2,1,3-4H3/t12-/m1/s1. The predicted molar refractivity (Wildman–Crippen MR) is 67.3 cm³/mol. The van der Waals surface area contributed by atoms with Gasteiger partial charge in [0.25, 0.3) is 0 Å². The largest absolute Gasteiger partial charge is 0.458 e. The molecule has 0 amide bonds. The molecule has 0 unspecified atom stereocenters. The van der Waals surface area contributed by atoms with Crippen LogP contribution in [-0.4, -0.2) is 12.1 Å². The van der Waals surface area contributed by atoms with Gasteiger partial charge in [-0.15, -0.1) is 5.73 Å². The highest BCUT2D eigenvalue weighted by atomic mass is 16.5. The Morgan fingerprint density at radius 1 is 1.31 bits per heavy atom. The van der Waals surface area contributed by atoms with Gasteiger partial charge in [0.15, 0.2) is 0 Å². The van der Waals surface area contributed by atoms with Crippen molar-refractivity contribution in [3.63, 3.8) is 0 Å². The van der Waals surface area contributed by atoms with Crippen LogP contribution in [0.25, 0.3) is 0 Å². The summed E-state index contributed by atoms with van der Waals surface area (Å²) in [5, 5.41) is 0. The molecular weight excluding hydrogens is 200 g/mol. The van der Waals surface area contributed by atoms with Crippen LogP contribution in [0.15, 0.2) is 17.9 Å². The fourth-order valence-corrected chi connectivity index (χ4v) is 1.67. The Morgan fingerprint density at radius 2 is 1.94 bits per heavy atom. The summed E-state index contributed by atoms with van der Waals surface area (Å²) in [6.07, 6.45) is 6.95. The van der Waals surface area contributed by atoms with Crippen LogP contribution in [0.1, 0.15) is 59.3 Å². The molecule has 1 atom stereocenters. The van der Waals surface area contributed by atoms with Gasteiger partial charge < -0.3 is 4.74 Å². The number of carbonyl (C=O) groups excluding carboxylic acids is 1. The van der Waals surface area contributed by atoms with Crippen molar-refractivity contribution in [3.8, 4) is 0 Å². The number of hydrogen-bond acceptors (Lipinski definition) is 2. The molecule has 0 saturated heterocycles. The summed E-state index contributed by atoms with van der Waals surface area (Å²) in [5.74, 6) is -0.244. The second kappa shape index (κ2) is 9.23. The summed E-state index contributed by atoms with van der Waals surface area (Å²) in [7, 11) is 0. The van der Waals surface area contributed by atoms with Crippen molar-refractivity contribution in [1.29, 1.82) is 0 Å². The van der Waals surface area contributed by atoms with E-state index in [0.717, 1.165) is 18.4 Å². The summed E-state index contributed by atoms with van der Waals surface area (Å²) < 4.78 is 5.10. The minimum Gasteiger partial charge on any atom is -0.458 e. The Hall–Kier alpha value is -1.01. The lowest BCUT2D eigenvalue weighted by atomic mass is 10.0. The monoisotopic (exact) mass is 224 g/mol. The maximum absolute atomic E-state index is 10.8. The maximum Gasteiger partial charge on any atom is 0.303 e. The normalized spacial score (nSPS) is 11.7. The van der Waals surface area contributed by atoms with Gasteiger partial charge in [-0.3, -0.25) is 4.79 Å². The van der Waals surface area contributed by atoms with Crippen LogP contribution in [0.5, 0.6) is 0 Å². The Morgan fingerprint density at radius 3 is 2.44 bits per heavy atom. The van der Waals surface area contributed by atoms with Crippen LogP contribution < -0.4 is 0 Å². The lowest BCUT2D eigenvalue weighted by Crippen LogP contribution is -2.14. The summed E-state index contributed by atoms with van der Waals surface area (Å²) in [4.78, 5) is 10.8. The molecule has 0 heterocycles. The quantitative estimate of drug-likeness (QED) is 0.354. The fraction of sp³-hybridized carbons (Fsp3) is 0.714. The first-order valence-corrected chi connectivity index (χ1v) is 6.17. The third kappa shape index (κ3) is 7.30. The predicted octanol–water partition coefficient (Wildman–Crippen LogP) is 4.01. The van der Waals surface area contributed by atoms with E-state index >= 15 is 0 Å². The summed E-state index contributed by atoms with van der Waals surface area (Å²) in [5.41, 5.74) is 3.89. The fourth-order valence-electron chi connectivity index (χ4n) is 1.67. The van der Waals surface area contributed by atoms with E-state index in [1.54, 1.807) is 0 Å². The Bertz CT molecular complexity index is 249. The summed E-state index contributed by atoms with van der Waals surface area (Å²) >= 11 is 0. The molecule has 2 heteroatoms. The zero-order chi connectivity index (χ0) is 12.4. The lowest BCUT2D eigenvalue weighted by Gasteiger charge is -2.14. The van der Waals surface area contributed by atoms with Crippen LogP contribution in [0.2, 0.25) is 0 Å². The molecule has 16 heavy (non-hydrogen) atoms. The van der Waals surface area contributed by atoms with E-state index < -0.39 is 0 Å². The molecule has 0 saturated carbocycles. The molecule has 0 aromatic carbocycles. The lowest BCUT2D eigenvalue weighted by molar-refractivity contribution is -0.143. The SMILES string of the molecule is C=C=C(CCCCCCC)[C@@H](C)OC(C)=O. The number of hydrogen-bond donors (Lipinski definition) is 0. The Balaban J connectivity index is 3.84. The van der Waals surface area contributed by atoms with Gasteiger partial charge in [-0.1, -0.05) is 39.2 Å². The highest BCUT2D eigenvalue weighted by Crippen LogP contribution is 2.15. The summed E-state index contributed by atoms with van der Waals surface area (Å²) in [6, 6.07) is 0. The van der Waals surface area contributed by atoms with E-state index in [-0.39, 0.29) is 12.1 Å². The first kappa shape index (κ1) is 15.0. The van der Waals surface area contributed by atoms with E-state index in [4.69, 9.17) is 4.74 Å². The van der Waals surface area contributed by atoms with Crippen molar-refractivity contribution in [2.75, 3.05) is 0 Å². The minimum absolute atomic E-state index is 0.179. The number of esters is 1. The smallest absolute Gasteiger partial charge is 0.303 e. The van der Waals surface area contributed by atoms with Crippen LogP contribution in [-0.2, 0) is 9.53 Å². The molecule has 0 aliphatic carbocycles. The molecule has 0 fully saturated rings. The Labute approximate surface area is 99.4 Å². The first-order valence-electron chi connectivity index (χ1n) is 6.17. The van der Waals surface area contributed by atoms with Crippen molar-refractivity contribution in [2.45, 2.75) is 65.4 Å². The maximum atomic E-state index is 10.8. The first-order chi connectivity index (χ1) is 7.61. The molecule has 0 rings (SSSR count). The van der Waals surface area contributed by atoms with Crippen LogP contribution in [0.3, 0.4) is 0 Å². The van der Waals surface area contributed by atoms with Gasteiger partial charge >= 0.3 is 5.97 Å². The second-order valence-corrected chi connectivity index (χ2v) is 4.12. The van der Waals surface area contributed by atoms with E-state index in [9.17, 15) is 4.79 Å². The second-order valence-electron chi connectivity index (χ2n) is 4.12. The summed E-state index contributed by atoms with van der Waals surface area (Å²) in [6.45, 7) is 9.16. The van der Waals surface area contributed by atoms with Gasteiger partial charge in [-0.05, 0) is 19.8 Å². The van der Waals surface area contributed by atoms with Crippen molar-refractivity contribution in [1.82, 2.24) is 0 Å². The third-order valence-corrected chi connectivity index (χ3v) is 2.61. The number of ether oxygens (including phenoxy) is 1. The zero-order valence-corrected chi connectivity index (χ0v) is 10.8. The van der Waals surface area contributed by atoms with Gasteiger partial charge in [-0.25, -0.2) is 0 Å². The topological polar surface area (TPSA) is 26.3 Å². The van der Waals surface area contributed by atoms with E-state index in [1.165, 1.54) is 32.6 Å². The van der Waals surface area contributed by atoms with Gasteiger partial charge in [0.05, 0.1) is 0 Å².